The predicted octanol–water partition coefficient (Wildman–Crippen LogP) is 2.36. The van der Waals surface area contributed by atoms with Crippen LogP contribution >= 0.6 is 23.1 Å². The first-order chi connectivity index (χ1) is 14.2. The maximum atomic E-state index is 13.8. The van der Waals surface area contributed by atoms with Crippen LogP contribution in [0.15, 0.2) is 46.9 Å². The third kappa shape index (κ3) is 5.20. The Bertz CT molecular complexity index is 940. The molecule has 4 rings (SSSR count). The summed E-state index contributed by atoms with van der Waals surface area (Å²) in [5.74, 6) is 0.201. The van der Waals surface area contributed by atoms with E-state index < -0.39 is 0 Å². The van der Waals surface area contributed by atoms with Gasteiger partial charge >= 0.3 is 0 Å². The van der Waals surface area contributed by atoms with Gasteiger partial charge in [-0.2, -0.15) is 0 Å². The molecule has 2 aromatic heterocycles. The Balaban J connectivity index is 1.24. The largest absolute Gasteiger partial charge is 0.339 e. The lowest BCUT2D eigenvalue weighted by atomic mass is 10.2. The third-order valence-corrected chi connectivity index (χ3v) is 6.59. The van der Waals surface area contributed by atoms with Crippen LogP contribution in [0.4, 0.5) is 4.39 Å². The van der Waals surface area contributed by atoms with Gasteiger partial charge in [0.2, 0.25) is 11.1 Å². The summed E-state index contributed by atoms with van der Waals surface area (Å²) in [6, 6.07) is 10.9. The first-order valence-corrected chi connectivity index (χ1v) is 11.2. The Kier molecular flexibility index (Phi) is 6.53. The number of carbonyl (C=O) groups is 1. The average Bonchev–Trinajstić information content (AvgIpc) is 3.41. The lowest BCUT2D eigenvalue weighted by molar-refractivity contribution is -0.130. The number of hydrogen-bond acceptors (Lipinski definition) is 7. The molecule has 0 aliphatic carbocycles. The van der Waals surface area contributed by atoms with Gasteiger partial charge < -0.3 is 4.90 Å². The molecule has 1 aliphatic rings. The lowest BCUT2D eigenvalue weighted by Crippen LogP contribution is -2.48. The van der Waals surface area contributed by atoms with E-state index in [1.807, 2.05) is 34.5 Å². The fraction of sp³-hybridized carbons (Fsp3) is 0.368. The number of benzene rings is 1. The second-order valence-electron chi connectivity index (χ2n) is 6.74. The van der Waals surface area contributed by atoms with Crippen LogP contribution in [0.5, 0.6) is 0 Å². The summed E-state index contributed by atoms with van der Waals surface area (Å²) in [6.45, 7) is 3.94. The number of aromatic nitrogens is 4. The minimum atomic E-state index is -0.178. The quantitative estimate of drug-likeness (QED) is 0.534. The van der Waals surface area contributed by atoms with E-state index in [1.165, 1.54) is 17.8 Å². The second-order valence-corrected chi connectivity index (χ2v) is 8.71. The molecule has 0 radical (unpaired) electrons. The highest BCUT2D eigenvalue weighted by molar-refractivity contribution is 7.99. The highest BCUT2D eigenvalue weighted by Gasteiger charge is 2.22. The number of rotatable bonds is 7. The summed E-state index contributed by atoms with van der Waals surface area (Å²) >= 11 is 3.01. The number of hydrogen-bond donors (Lipinski definition) is 0. The highest BCUT2D eigenvalue weighted by atomic mass is 32.2. The van der Waals surface area contributed by atoms with Crippen molar-refractivity contribution >= 4 is 29.0 Å². The van der Waals surface area contributed by atoms with Gasteiger partial charge in [0.25, 0.3) is 0 Å². The summed E-state index contributed by atoms with van der Waals surface area (Å²) in [6.07, 6.45) is 0. The molecule has 3 aromatic rings. The Morgan fingerprint density at radius 1 is 1.10 bits per heavy atom. The first-order valence-electron chi connectivity index (χ1n) is 9.34. The van der Waals surface area contributed by atoms with E-state index >= 15 is 0 Å². The van der Waals surface area contributed by atoms with E-state index in [4.69, 9.17) is 0 Å². The van der Waals surface area contributed by atoms with Crippen molar-refractivity contribution in [2.45, 2.75) is 18.2 Å². The van der Waals surface area contributed by atoms with Gasteiger partial charge in [-0.15, -0.1) is 16.4 Å². The van der Waals surface area contributed by atoms with E-state index in [1.54, 1.807) is 22.1 Å². The second kappa shape index (κ2) is 9.47. The summed E-state index contributed by atoms with van der Waals surface area (Å²) in [5.41, 5.74) is 0.695. The topological polar surface area (TPSA) is 67.2 Å². The highest BCUT2D eigenvalue weighted by Crippen LogP contribution is 2.18. The molecule has 152 valence electrons. The van der Waals surface area contributed by atoms with Gasteiger partial charge in [-0.3, -0.25) is 9.69 Å². The number of thiophene rings is 1. The van der Waals surface area contributed by atoms with Crippen LogP contribution in [0.1, 0.15) is 10.4 Å². The Morgan fingerprint density at radius 2 is 1.93 bits per heavy atom. The zero-order chi connectivity index (χ0) is 20.1. The molecular formula is C19H21FN6OS2. The summed E-state index contributed by atoms with van der Waals surface area (Å²) in [4.78, 5) is 17.8. The van der Waals surface area contributed by atoms with Gasteiger partial charge in [-0.1, -0.05) is 36.0 Å². The van der Waals surface area contributed by atoms with Crippen molar-refractivity contribution in [3.05, 3.63) is 58.0 Å². The molecule has 0 atom stereocenters. The van der Waals surface area contributed by atoms with Crippen molar-refractivity contribution in [1.82, 2.24) is 30.0 Å². The summed E-state index contributed by atoms with van der Waals surface area (Å²) in [5, 5.41) is 14.4. The number of nitrogens with zero attached hydrogens (tertiary/aromatic N) is 6. The molecule has 1 amide bonds. The minimum Gasteiger partial charge on any atom is -0.339 e. The molecule has 29 heavy (non-hydrogen) atoms. The SMILES string of the molecule is O=C(CSc1nnnn1Cc1cccs1)N1CCN(Cc2ccccc2F)CC1. The van der Waals surface area contributed by atoms with Crippen molar-refractivity contribution in [3.63, 3.8) is 0 Å². The standard InChI is InChI=1S/C19H21FN6OS2/c20-17-6-2-1-4-15(17)12-24-7-9-25(10-8-24)18(27)14-29-19-21-22-23-26(19)13-16-5-3-11-28-16/h1-6,11H,7-10,12-14H2. The third-order valence-electron chi connectivity index (χ3n) is 4.79. The minimum absolute atomic E-state index is 0.0752. The van der Waals surface area contributed by atoms with Gasteiger partial charge in [0, 0.05) is 43.2 Å². The molecule has 10 heteroatoms. The Labute approximate surface area is 176 Å². The molecule has 0 unspecified atom stereocenters. The van der Waals surface area contributed by atoms with Crippen LogP contribution in [-0.4, -0.2) is 67.8 Å². The van der Waals surface area contributed by atoms with E-state index in [-0.39, 0.29) is 11.7 Å². The van der Waals surface area contributed by atoms with E-state index in [9.17, 15) is 9.18 Å². The van der Waals surface area contributed by atoms with Crippen LogP contribution in [0, 0.1) is 5.82 Å². The molecular weight excluding hydrogens is 411 g/mol. The Hall–Kier alpha value is -2.30. The van der Waals surface area contributed by atoms with Gasteiger partial charge in [0.05, 0.1) is 12.3 Å². The van der Waals surface area contributed by atoms with Crippen molar-refractivity contribution in [2.75, 3.05) is 31.9 Å². The van der Waals surface area contributed by atoms with Gasteiger partial charge in [-0.05, 0) is 27.9 Å². The van der Waals surface area contributed by atoms with Gasteiger partial charge in [0.1, 0.15) is 5.82 Å². The molecule has 1 fully saturated rings. The molecule has 0 spiro atoms. The zero-order valence-corrected chi connectivity index (χ0v) is 17.4. The van der Waals surface area contributed by atoms with Crippen molar-refractivity contribution in [3.8, 4) is 0 Å². The first kappa shape index (κ1) is 20.0. The van der Waals surface area contributed by atoms with Gasteiger partial charge in [0.15, 0.2) is 0 Å². The summed E-state index contributed by atoms with van der Waals surface area (Å²) < 4.78 is 15.5. The fourth-order valence-corrected chi connectivity index (χ4v) is 4.66. The molecule has 7 nitrogen and oxygen atoms in total. The molecule has 1 aliphatic heterocycles. The maximum Gasteiger partial charge on any atom is 0.233 e. The fourth-order valence-electron chi connectivity index (χ4n) is 3.19. The zero-order valence-electron chi connectivity index (χ0n) is 15.8. The number of amides is 1. The summed E-state index contributed by atoms with van der Waals surface area (Å²) in [7, 11) is 0. The normalized spacial score (nSPS) is 15.0. The van der Waals surface area contributed by atoms with Crippen LogP contribution in [0.3, 0.4) is 0 Å². The monoisotopic (exact) mass is 432 g/mol. The molecule has 0 N–H and O–H groups in total. The van der Waals surface area contributed by atoms with E-state index in [0.29, 0.717) is 42.7 Å². The maximum absolute atomic E-state index is 13.8. The van der Waals surface area contributed by atoms with Crippen LogP contribution < -0.4 is 0 Å². The predicted molar refractivity (Wildman–Crippen MR) is 110 cm³/mol. The number of piperazine rings is 1. The average molecular weight is 433 g/mol. The van der Waals surface area contributed by atoms with Crippen LogP contribution in [0.2, 0.25) is 0 Å². The molecule has 1 aromatic carbocycles. The van der Waals surface area contributed by atoms with E-state index in [2.05, 4.69) is 20.4 Å². The van der Waals surface area contributed by atoms with Crippen molar-refractivity contribution in [2.24, 2.45) is 0 Å². The smallest absolute Gasteiger partial charge is 0.233 e. The number of thioether (sulfide) groups is 1. The van der Waals surface area contributed by atoms with Crippen molar-refractivity contribution in [1.29, 1.82) is 0 Å². The number of carbonyl (C=O) groups excluding carboxylic acids is 1. The Morgan fingerprint density at radius 3 is 2.69 bits per heavy atom. The van der Waals surface area contributed by atoms with Crippen LogP contribution in [0.25, 0.3) is 0 Å². The van der Waals surface area contributed by atoms with E-state index in [0.717, 1.165) is 18.0 Å². The lowest BCUT2D eigenvalue weighted by Gasteiger charge is -2.34. The molecule has 1 saturated heterocycles. The van der Waals surface area contributed by atoms with Crippen LogP contribution in [-0.2, 0) is 17.9 Å². The van der Waals surface area contributed by atoms with Crippen molar-refractivity contribution < 1.29 is 9.18 Å². The molecule has 3 heterocycles. The molecule has 0 saturated carbocycles. The van der Waals surface area contributed by atoms with Gasteiger partial charge in [-0.25, -0.2) is 9.07 Å². The number of halogens is 1. The molecule has 0 bridgehead atoms. The number of tetrazole rings is 1.